The van der Waals surface area contributed by atoms with Crippen molar-refractivity contribution in [2.24, 2.45) is 0 Å². The number of carbonyl (C=O) groups is 3. The summed E-state index contributed by atoms with van der Waals surface area (Å²) in [6.45, 7) is 4.70. The molecule has 1 heterocycles. The highest BCUT2D eigenvalue weighted by atomic mass is 32.2. The second kappa shape index (κ2) is 12.5. The molecule has 0 spiro atoms. The molecule has 3 amide bonds. The molecule has 3 rings (SSSR count). The Bertz CT molecular complexity index is 1090. The van der Waals surface area contributed by atoms with Crippen molar-refractivity contribution in [3.05, 3.63) is 52.9 Å². The Labute approximate surface area is 208 Å². The molecule has 34 heavy (non-hydrogen) atoms. The van der Waals surface area contributed by atoms with Gasteiger partial charge in [0.1, 0.15) is 6.54 Å². The fourth-order valence-electron chi connectivity index (χ4n) is 3.16. The van der Waals surface area contributed by atoms with Crippen molar-refractivity contribution in [1.82, 2.24) is 4.90 Å². The van der Waals surface area contributed by atoms with Gasteiger partial charge in [-0.2, -0.15) is 0 Å². The van der Waals surface area contributed by atoms with E-state index in [9.17, 15) is 14.4 Å². The summed E-state index contributed by atoms with van der Waals surface area (Å²) in [6, 6.07) is 12.8. The van der Waals surface area contributed by atoms with Gasteiger partial charge in [0.15, 0.2) is 11.5 Å². The van der Waals surface area contributed by atoms with Crippen molar-refractivity contribution in [3.8, 4) is 11.5 Å². The summed E-state index contributed by atoms with van der Waals surface area (Å²) in [5.41, 5.74) is 1.32. The van der Waals surface area contributed by atoms with Gasteiger partial charge in [-0.3, -0.25) is 19.3 Å². The lowest BCUT2D eigenvalue weighted by atomic mass is 10.2. The van der Waals surface area contributed by atoms with E-state index in [2.05, 4.69) is 12.2 Å². The van der Waals surface area contributed by atoms with Crippen LogP contribution in [-0.4, -0.2) is 48.0 Å². The molecular formula is C25H28N2O5S2. The number of imide groups is 1. The number of hydrogen-bond donors (Lipinski definition) is 1. The second-order valence-electron chi connectivity index (χ2n) is 7.39. The molecule has 0 aliphatic carbocycles. The zero-order valence-electron chi connectivity index (χ0n) is 19.5. The van der Waals surface area contributed by atoms with Crippen molar-refractivity contribution in [2.45, 2.75) is 31.6 Å². The first-order valence-corrected chi connectivity index (χ1v) is 13.1. The smallest absolute Gasteiger partial charge is 0.294 e. The highest BCUT2D eigenvalue weighted by Gasteiger charge is 2.36. The molecule has 9 heteroatoms. The third kappa shape index (κ3) is 6.80. The van der Waals surface area contributed by atoms with Gasteiger partial charge in [0.25, 0.3) is 11.1 Å². The maximum atomic E-state index is 12.8. The highest BCUT2D eigenvalue weighted by Crippen LogP contribution is 2.34. The Morgan fingerprint density at radius 2 is 1.94 bits per heavy atom. The van der Waals surface area contributed by atoms with Gasteiger partial charge in [0, 0.05) is 10.6 Å². The molecular weight excluding hydrogens is 472 g/mol. The van der Waals surface area contributed by atoms with Gasteiger partial charge in [0.2, 0.25) is 5.91 Å². The maximum Gasteiger partial charge on any atom is 0.294 e. The Balaban J connectivity index is 1.69. The molecule has 2 aromatic rings. The normalized spacial score (nSPS) is 14.6. The van der Waals surface area contributed by atoms with Crippen LogP contribution in [0.5, 0.6) is 11.5 Å². The second-order valence-corrected chi connectivity index (χ2v) is 9.26. The third-order valence-corrected chi connectivity index (χ3v) is 6.48. The van der Waals surface area contributed by atoms with E-state index in [1.807, 2.05) is 37.4 Å². The van der Waals surface area contributed by atoms with Gasteiger partial charge in [-0.15, -0.1) is 11.8 Å². The molecule has 180 valence electrons. The molecule has 0 unspecified atom stereocenters. The van der Waals surface area contributed by atoms with Crippen molar-refractivity contribution >= 4 is 52.3 Å². The number of hydrogen-bond acceptors (Lipinski definition) is 7. The minimum absolute atomic E-state index is 0.254. The maximum absolute atomic E-state index is 12.8. The van der Waals surface area contributed by atoms with E-state index in [1.165, 1.54) is 0 Å². The molecule has 0 aromatic heterocycles. The fraction of sp³-hybridized carbons (Fsp3) is 0.320. The van der Waals surface area contributed by atoms with Crippen LogP contribution in [0, 0.1) is 0 Å². The first-order chi connectivity index (χ1) is 16.4. The Hall–Kier alpha value is -2.91. The Morgan fingerprint density at radius 3 is 2.68 bits per heavy atom. The number of amides is 3. The van der Waals surface area contributed by atoms with Crippen LogP contribution in [0.15, 0.2) is 52.3 Å². The van der Waals surface area contributed by atoms with Gasteiger partial charge >= 0.3 is 0 Å². The van der Waals surface area contributed by atoms with E-state index in [0.717, 1.165) is 34.4 Å². The van der Waals surface area contributed by atoms with Crippen LogP contribution in [0.4, 0.5) is 10.5 Å². The van der Waals surface area contributed by atoms with Gasteiger partial charge in [-0.1, -0.05) is 25.5 Å². The van der Waals surface area contributed by atoms with Crippen LogP contribution >= 0.6 is 23.5 Å². The molecule has 1 aliphatic heterocycles. The van der Waals surface area contributed by atoms with E-state index in [4.69, 9.17) is 9.47 Å². The molecule has 2 aromatic carbocycles. The van der Waals surface area contributed by atoms with E-state index in [-0.39, 0.29) is 11.4 Å². The zero-order chi connectivity index (χ0) is 24.5. The number of anilines is 1. The van der Waals surface area contributed by atoms with Crippen LogP contribution in [0.3, 0.4) is 0 Å². The van der Waals surface area contributed by atoms with E-state index < -0.39 is 17.1 Å². The van der Waals surface area contributed by atoms with Crippen molar-refractivity contribution in [3.63, 3.8) is 0 Å². The van der Waals surface area contributed by atoms with Gasteiger partial charge < -0.3 is 14.8 Å². The summed E-state index contributed by atoms with van der Waals surface area (Å²) in [7, 11) is 0. The van der Waals surface area contributed by atoms with E-state index in [0.29, 0.717) is 36.0 Å². The topological polar surface area (TPSA) is 84.9 Å². The minimum Gasteiger partial charge on any atom is -0.490 e. The molecule has 0 radical (unpaired) electrons. The van der Waals surface area contributed by atoms with Crippen LogP contribution in [-0.2, 0) is 9.59 Å². The molecule has 1 aliphatic rings. The standard InChI is InChI=1S/C25H28N2O5S2/c1-4-6-12-32-20-11-10-17(13-21(20)31-5-2)14-22-24(29)27(25(30)34-22)16-23(28)26-18-8-7-9-19(15-18)33-3/h7-11,13-15H,4-6,12,16H2,1-3H3,(H,26,28)/b22-14-. The molecule has 1 N–H and O–H groups in total. The van der Waals surface area contributed by atoms with Crippen LogP contribution in [0.1, 0.15) is 32.3 Å². The lowest BCUT2D eigenvalue weighted by molar-refractivity contribution is -0.127. The van der Waals surface area contributed by atoms with Crippen LogP contribution < -0.4 is 14.8 Å². The summed E-state index contributed by atoms with van der Waals surface area (Å²) in [4.78, 5) is 40.0. The lowest BCUT2D eigenvalue weighted by Gasteiger charge is -2.13. The van der Waals surface area contributed by atoms with Crippen LogP contribution in [0.25, 0.3) is 6.08 Å². The molecule has 0 saturated carbocycles. The van der Waals surface area contributed by atoms with Crippen molar-refractivity contribution < 1.29 is 23.9 Å². The van der Waals surface area contributed by atoms with Gasteiger partial charge in [-0.25, -0.2) is 0 Å². The predicted molar refractivity (Wildman–Crippen MR) is 138 cm³/mol. The minimum atomic E-state index is -0.496. The van der Waals surface area contributed by atoms with Gasteiger partial charge in [0.05, 0.1) is 18.1 Å². The molecule has 1 fully saturated rings. The number of unbranched alkanes of at least 4 members (excludes halogenated alkanes) is 1. The average Bonchev–Trinajstić information content (AvgIpc) is 3.08. The fourth-order valence-corrected chi connectivity index (χ4v) is 4.46. The summed E-state index contributed by atoms with van der Waals surface area (Å²) in [6.07, 6.45) is 5.54. The number of carbonyl (C=O) groups excluding carboxylic acids is 3. The lowest BCUT2D eigenvalue weighted by Crippen LogP contribution is -2.36. The summed E-state index contributed by atoms with van der Waals surface area (Å²) < 4.78 is 11.5. The van der Waals surface area contributed by atoms with E-state index >= 15 is 0 Å². The first-order valence-electron chi connectivity index (χ1n) is 11.0. The van der Waals surface area contributed by atoms with Crippen molar-refractivity contribution in [1.29, 1.82) is 0 Å². The first kappa shape index (κ1) is 25.7. The van der Waals surface area contributed by atoms with Crippen molar-refractivity contribution in [2.75, 3.05) is 31.3 Å². The number of benzene rings is 2. The number of rotatable bonds is 11. The molecule has 0 bridgehead atoms. The third-order valence-electron chi connectivity index (χ3n) is 4.85. The largest absolute Gasteiger partial charge is 0.490 e. The van der Waals surface area contributed by atoms with Gasteiger partial charge in [-0.05, 0) is 73.3 Å². The zero-order valence-corrected chi connectivity index (χ0v) is 21.1. The number of nitrogens with one attached hydrogen (secondary N) is 1. The van der Waals surface area contributed by atoms with Crippen LogP contribution in [0.2, 0.25) is 0 Å². The number of nitrogens with zero attached hydrogens (tertiary/aromatic N) is 1. The predicted octanol–water partition coefficient (Wildman–Crippen LogP) is 5.66. The summed E-state index contributed by atoms with van der Waals surface area (Å²) in [5.74, 6) is 0.291. The highest BCUT2D eigenvalue weighted by molar-refractivity contribution is 8.18. The number of ether oxygens (including phenoxy) is 2. The molecule has 7 nitrogen and oxygen atoms in total. The molecule has 1 saturated heterocycles. The number of thioether (sulfide) groups is 2. The monoisotopic (exact) mass is 500 g/mol. The Morgan fingerprint density at radius 1 is 1.12 bits per heavy atom. The quantitative estimate of drug-likeness (QED) is 0.242. The SMILES string of the molecule is CCCCOc1ccc(/C=C2\SC(=O)N(CC(=O)Nc3cccc(SC)c3)C2=O)cc1OCC. The molecule has 0 atom stereocenters. The average molecular weight is 501 g/mol. The Kier molecular flexibility index (Phi) is 9.47. The summed E-state index contributed by atoms with van der Waals surface area (Å²) >= 11 is 2.37. The van der Waals surface area contributed by atoms with E-state index in [1.54, 1.807) is 36.0 Å². The summed E-state index contributed by atoms with van der Waals surface area (Å²) in [5, 5.41) is 2.26.